The molecule has 0 saturated carbocycles. The average molecular weight is 228 g/mol. The summed E-state index contributed by atoms with van der Waals surface area (Å²) < 4.78 is 2.49. The number of hydrogen-bond acceptors (Lipinski definition) is 3. The van der Waals surface area contributed by atoms with Crippen molar-refractivity contribution in [2.45, 2.75) is 13.0 Å². The Bertz CT molecular complexity index is 417. The standard InChI is InChI=1S/C9H12N2OS2/c12-8-1-3-11(9(13)10-8)5-7-2-4-14-6-7/h1,3,7H,2,4-6H2,(H,10,12,13). The Hall–Kier alpha value is -0.550. The van der Waals surface area contributed by atoms with Crippen LogP contribution in [0.1, 0.15) is 6.42 Å². The van der Waals surface area contributed by atoms with Crippen molar-refractivity contribution in [3.63, 3.8) is 0 Å². The van der Waals surface area contributed by atoms with Gasteiger partial charge in [0.25, 0.3) is 5.56 Å². The van der Waals surface area contributed by atoms with E-state index in [9.17, 15) is 4.79 Å². The number of hydrogen-bond donors (Lipinski definition) is 1. The summed E-state index contributed by atoms with van der Waals surface area (Å²) in [7, 11) is 0. The number of thioether (sulfide) groups is 1. The SMILES string of the molecule is O=c1ccn(CC2CCSC2)c(=S)[nH]1. The van der Waals surface area contributed by atoms with Crippen LogP contribution in [0.25, 0.3) is 0 Å². The zero-order valence-electron chi connectivity index (χ0n) is 7.73. The van der Waals surface area contributed by atoms with Crippen LogP contribution in [0.5, 0.6) is 0 Å². The van der Waals surface area contributed by atoms with Gasteiger partial charge in [0.15, 0.2) is 4.77 Å². The normalized spacial score (nSPS) is 21.3. The fraction of sp³-hybridized carbons (Fsp3) is 0.556. The van der Waals surface area contributed by atoms with E-state index in [0.29, 0.717) is 10.7 Å². The van der Waals surface area contributed by atoms with Crippen molar-refractivity contribution >= 4 is 24.0 Å². The van der Waals surface area contributed by atoms with E-state index >= 15 is 0 Å². The van der Waals surface area contributed by atoms with Crippen LogP contribution in [0.15, 0.2) is 17.1 Å². The van der Waals surface area contributed by atoms with Crippen molar-refractivity contribution < 1.29 is 0 Å². The first-order chi connectivity index (χ1) is 6.75. The number of nitrogens with one attached hydrogen (secondary N) is 1. The first-order valence-corrected chi connectivity index (χ1v) is 6.19. The number of aromatic nitrogens is 2. The first-order valence-electron chi connectivity index (χ1n) is 4.63. The van der Waals surface area contributed by atoms with E-state index in [1.165, 1.54) is 24.0 Å². The fourth-order valence-corrected chi connectivity index (χ4v) is 3.10. The molecule has 1 aliphatic rings. The van der Waals surface area contributed by atoms with E-state index in [0.717, 1.165) is 6.54 Å². The molecule has 1 N–H and O–H groups in total. The number of rotatable bonds is 2. The van der Waals surface area contributed by atoms with E-state index in [-0.39, 0.29) is 5.56 Å². The molecule has 2 heterocycles. The van der Waals surface area contributed by atoms with Gasteiger partial charge >= 0.3 is 0 Å². The number of aromatic amines is 1. The lowest BCUT2D eigenvalue weighted by atomic mass is 10.1. The van der Waals surface area contributed by atoms with E-state index in [2.05, 4.69) is 4.98 Å². The quantitative estimate of drug-likeness (QED) is 0.782. The van der Waals surface area contributed by atoms with Gasteiger partial charge in [-0.3, -0.25) is 9.78 Å². The van der Waals surface area contributed by atoms with Crippen molar-refractivity contribution in [1.82, 2.24) is 9.55 Å². The maximum absolute atomic E-state index is 10.9. The monoisotopic (exact) mass is 228 g/mol. The third kappa shape index (κ3) is 2.27. The Balaban J connectivity index is 2.16. The van der Waals surface area contributed by atoms with Crippen molar-refractivity contribution in [2.75, 3.05) is 11.5 Å². The lowest BCUT2D eigenvalue weighted by Crippen LogP contribution is -2.15. The molecule has 0 spiro atoms. The second-order valence-corrected chi connectivity index (χ2v) is 5.03. The minimum atomic E-state index is -0.118. The molecular weight excluding hydrogens is 216 g/mol. The van der Waals surface area contributed by atoms with Crippen molar-refractivity contribution in [2.24, 2.45) is 5.92 Å². The number of nitrogens with zero attached hydrogens (tertiary/aromatic N) is 1. The van der Waals surface area contributed by atoms with Crippen LogP contribution >= 0.6 is 24.0 Å². The summed E-state index contributed by atoms with van der Waals surface area (Å²) in [5.74, 6) is 3.17. The van der Waals surface area contributed by atoms with Crippen LogP contribution in [0.4, 0.5) is 0 Å². The lowest BCUT2D eigenvalue weighted by molar-refractivity contribution is 0.482. The molecule has 3 nitrogen and oxygen atoms in total. The Morgan fingerprint density at radius 1 is 1.71 bits per heavy atom. The summed E-state index contributed by atoms with van der Waals surface area (Å²) >= 11 is 7.07. The molecular formula is C9H12N2OS2. The van der Waals surface area contributed by atoms with Gasteiger partial charge in [0.1, 0.15) is 0 Å². The van der Waals surface area contributed by atoms with Gasteiger partial charge in [-0.15, -0.1) is 0 Å². The molecule has 0 aromatic carbocycles. The second kappa shape index (κ2) is 4.31. The lowest BCUT2D eigenvalue weighted by Gasteiger charge is -2.10. The maximum Gasteiger partial charge on any atom is 0.251 e. The van der Waals surface area contributed by atoms with Crippen molar-refractivity contribution in [3.05, 3.63) is 27.4 Å². The van der Waals surface area contributed by atoms with E-state index in [4.69, 9.17) is 12.2 Å². The summed E-state index contributed by atoms with van der Waals surface area (Å²) in [5.41, 5.74) is -0.118. The summed E-state index contributed by atoms with van der Waals surface area (Å²) in [5, 5.41) is 0. The van der Waals surface area contributed by atoms with Gasteiger partial charge < -0.3 is 4.57 Å². The molecule has 1 atom stereocenters. The molecule has 0 amide bonds. The molecule has 1 fully saturated rings. The molecule has 0 aliphatic carbocycles. The van der Waals surface area contributed by atoms with Crippen LogP contribution < -0.4 is 5.56 Å². The summed E-state index contributed by atoms with van der Waals surface area (Å²) in [6, 6.07) is 1.53. The van der Waals surface area contributed by atoms with Gasteiger partial charge in [-0.25, -0.2) is 0 Å². The van der Waals surface area contributed by atoms with Crippen LogP contribution in [0.2, 0.25) is 0 Å². The maximum atomic E-state index is 10.9. The molecule has 76 valence electrons. The third-order valence-electron chi connectivity index (χ3n) is 2.38. The Morgan fingerprint density at radius 2 is 2.57 bits per heavy atom. The highest BCUT2D eigenvalue weighted by atomic mass is 32.2. The molecule has 0 radical (unpaired) electrons. The summed E-state index contributed by atoms with van der Waals surface area (Å²) in [6.07, 6.45) is 3.04. The van der Waals surface area contributed by atoms with Gasteiger partial charge in [-0.2, -0.15) is 11.8 Å². The molecule has 1 aromatic heterocycles. The van der Waals surface area contributed by atoms with Crippen LogP contribution in [-0.4, -0.2) is 21.1 Å². The predicted octanol–water partition coefficient (Wildman–Crippen LogP) is 1.66. The number of H-pyrrole nitrogens is 1. The highest BCUT2D eigenvalue weighted by Gasteiger charge is 2.15. The van der Waals surface area contributed by atoms with Gasteiger partial charge in [-0.05, 0) is 36.1 Å². The smallest absolute Gasteiger partial charge is 0.251 e. The minimum absolute atomic E-state index is 0.118. The summed E-state index contributed by atoms with van der Waals surface area (Å²) in [6.45, 7) is 0.933. The van der Waals surface area contributed by atoms with Gasteiger partial charge in [0, 0.05) is 18.8 Å². The van der Waals surface area contributed by atoms with Gasteiger partial charge in [-0.1, -0.05) is 0 Å². The molecule has 2 rings (SSSR count). The molecule has 1 aliphatic heterocycles. The zero-order chi connectivity index (χ0) is 9.97. The van der Waals surface area contributed by atoms with Crippen molar-refractivity contribution in [3.8, 4) is 0 Å². The minimum Gasteiger partial charge on any atom is -0.325 e. The molecule has 1 aromatic rings. The molecule has 5 heteroatoms. The van der Waals surface area contributed by atoms with Crippen LogP contribution in [0, 0.1) is 10.7 Å². The third-order valence-corrected chi connectivity index (χ3v) is 3.94. The van der Waals surface area contributed by atoms with E-state index in [1.54, 1.807) is 6.20 Å². The topological polar surface area (TPSA) is 37.8 Å². The highest BCUT2D eigenvalue weighted by Crippen LogP contribution is 2.24. The van der Waals surface area contributed by atoms with E-state index < -0.39 is 0 Å². The van der Waals surface area contributed by atoms with E-state index in [1.807, 2.05) is 16.3 Å². The van der Waals surface area contributed by atoms with Gasteiger partial charge in [0.2, 0.25) is 0 Å². The van der Waals surface area contributed by atoms with Crippen molar-refractivity contribution in [1.29, 1.82) is 0 Å². The van der Waals surface area contributed by atoms with Gasteiger partial charge in [0.05, 0.1) is 0 Å². The van der Waals surface area contributed by atoms with Crippen LogP contribution in [0.3, 0.4) is 0 Å². The average Bonchev–Trinajstić information content (AvgIpc) is 2.62. The summed E-state index contributed by atoms with van der Waals surface area (Å²) in [4.78, 5) is 13.6. The molecule has 1 saturated heterocycles. The Kier molecular flexibility index (Phi) is 3.08. The predicted molar refractivity (Wildman–Crippen MR) is 61.3 cm³/mol. The molecule has 1 unspecified atom stereocenters. The Morgan fingerprint density at radius 3 is 3.21 bits per heavy atom. The first kappa shape index (κ1) is 9.98. The second-order valence-electron chi connectivity index (χ2n) is 3.49. The molecule has 14 heavy (non-hydrogen) atoms. The molecule has 0 bridgehead atoms. The zero-order valence-corrected chi connectivity index (χ0v) is 9.37. The highest BCUT2D eigenvalue weighted by molar-refractivity contribution is 7.99. The largest absolute Gasteiger partial charge is 0.325 e. The fourth-order valence-electron chi connectivity index (χ4n) is 1.59. The van der Waals surface area contributed by atoms with Crippen LogP contribution in [-0.2, 0) is 6.54 Å². The Labute approximate surface area is 91.5 Å².